The van der Waals surface area contributed by atoms with Crippen LogP contribution in [0.4, 0.5) is 5.69 Å². The molecule has 1 heterocycles. The summed E-state index contributed by atoms with van der Waals surface area (Å²) in [6.07, 6.45) is 2.12. The molecular weight excluding hydrogens is 250 g/mol. The highest BCUT2D eigenvalue weighted by molar-refractivity contribution is 5.90. The first-order chi connectivity index (χ1) is 9.83. The molecule has 1 aliphatic rings. The molecule has 3 heteroatoms. The fraction of sp³-hybridized carbons (Fsp3) is 0.235. The molecule has 102 valence electrons. The van der Waals surface area contributed by atoms with Crippen LogP contribution in [-0.2, 0) is 17.8 Å². The van der Waals surface area contributed by atoms with Crippen LogP contribution in [0.15, 0.2) is 48.5 Å². The maximum atomic E-state index is 12.1. The highest BCUT2D eigenvalue weighted by Gasteiger charge is 2.13. The molecule has 0 spiro atoms. The molecule has 0 radical (unpaired) electrons. The second-order valence-corrected chi connectivity index (χ2v) is 4.96. The fourth-order valence-electron chi connectivity index (χ4n) is 2.41. The van der Waals surface area contributed by atoms with Crippen molar-refractivity contribution in [2.75, 3.05) is 11.9 Å². The van der Waals surface area contributed by atoms with Crippen LogP contribution < -0.4 is 5.32 Å². The first kappa shape index (κ1) is 12.7. The average Bonchev–Trinajstić information content (AvgIpc) is 2.53. The molecule has 1 aliphatic heterocycles. The molecule has 0 aromatic heterocycles. The number of anilines is 1. The normalized spacial score (nSPS) is 13.2. The molecule has 0 amide bonds. The van der Waals surface area contributed by atoms with Crippen LogP contribution in [0.5, 0.6) is 0 Å². The average molecular weight is 267 g/mol. The van der Waals surface area contributed by atoms with Gasteiger partial charge >= 0.3 is 5.97 Å². The number of hydrogen-bond donors (Lipinski definition) is 1. The third-order valence-electron chi connectivity index (χ3n) is 3.49. The van der Waals surface area contributed by atoms with E-state index in [2.05, 4.69) is 5.32 Å². The van der Waals surface area contributed by atoms with Gasteiger partial charge in [0.2, 0.25) is 0 Å². The smallest absolute Gasteiger partial charge is 0.338 e. The molecule has 3 rings (SSSR count). The Hall–Kier alpha value is -2.29. The van der Waals surface area contributed by atoms with Crippen molar-refractivity contribution in [1.82, 2.24) is 0 Å². The zero-order valence-corrected chi connectivity index (χ0v) is 11.3. The lowest BCUT2D eigenvalue weighted by molar-refractivity contribution is 0.0472. The second kappa shape index (κ2) is 5.78. The van der Waals surface area contributed by atoms with E-state index in [1.54, 1.807) is 0 Å². The lowest BCUT2D eigenvalue weighted by Crippen LogP contribution is -2.13. The molecular formula is C17H17NO2. The van der Waals surface area contributed by atoms with Gasteiger partial charge in [-0.15, -0.1) is 0 Å². The minimum atomic E-state index is -0.262. The van der Waals surface area contributed by atoms with E-state index in [1.807, 2.05) is 48.5 Å². The summed E-state index contributed by atoms with van der Waals surface area (Å²) in [5, 5.41) is 3.33. The first-order valence-corrected chi connectivity index (χ1v) is 6.91. The lowest BCUT2D eigenvalue weighted by Gasteiger charge is -2.18. The second-order valence-electron chi connectivity index (χ2n) is 4.96. The Morgan fingerprint density at radius 1 is 1.15 bits per heavy atom. The molecule has 0 fully saturated rings. The topological polar surface area (TPSA) is 38.3 Å². The molecule has 1 N–H and O–H groups in total. The van der Waals surface area contributed by atoms with Crippen LogP contribution in [0.1, 0.15) is 27.9 Å². The predicted molar refractivity (Wildman–Crippen MR) is 78.8 cm³/mol. The van der Waals surface area contributed by atoms with Crippen molar-refractivity contribution in [1.29, 1.82) is 0 Å². The van der Waals surface area contributed by atoms with Gasteiger partial charge < -0.3 is 10.1 Å². The van der Waals surface area contributed by atoms with Gasteiger partial charge in [-0.25, -0.2) is 4.79 Å². The van der Waals surface area contributed by atoms with Crippen molar-refractivity contribution in [3.63, 3.8) is 0 Å². The number of carbonyl (C=O) groups is 1. The van der Waals surface area contributed by atoms with Crippen LogP contribution in [0.2, 0.25) is 0 Å². The summed E-state index contributed by atoms with van der Waals surface area (Å²) in [5.41, 5.74) is 3.96. The highest BCUT2D eigenvalue weighted by atomic mass is 16.5. The molecule has 20 heavy (non-hydrogen) atoms. The Morgan fingerprint density at radius 2 is 2.00 bits per heavy atom. The molecule has 0 unspecified atom stereocenters. The van der Waals surface area contributed by atoms with Crippen LogP contribution in [0, 0.1) is 0 Å². The first-order valence-electron chi connectivity index (χ1n) is 6.91. The van der Waals surface area contributed by atoms with Gasteiger partial charge in [-0.05, 0) is 42.2 Å². The highest BCUT2D eigenvalue weighted by Crippen LogP contribution is 2.23. The summed E-state index contributed by atoms with van der Waals surface area (Å²) in [6.45, 7) is 1.32. The van der Waals surface area contributed by atoms with Gasteiger partial charge in [0.1, 0.15) is 6.61 Å². The number of carbonyl (C=O) groups excluding carboxylic acids is 1. The van der Waals surface area contributed by atoms with Crippen molar-refractivity contribution in [2.45, 2.75) is 19.4 Å². The summed E-state index contributed by atoms with van der Waals surface area (Å²) in [4.78, 5) is 12.1. The van der Waals surface area contributed by atoms with E-state index in [0.29, 0.717) is 12.2 Å². The molecule has 0 saturated carbocycles. The van der Waals surface area contributed by atoms with E-state index in [0.717, 1.165) is 30.6 Å². The Morgan fingerprint density at radius 3 is 2.85 bits per heavy atom. The van der Waals surface area contributed by atoms with E-state index >= 15 is 0 Å². The lowest BCUT2D eigenvalue weighted by atomic mass is 10.0. The molecule has 2 aromatic rings. The summed E-state index contributed by atoms with van der Waals surface area (Å²) >= 11 is 0. The fourth-order valence-corrected chi connectivity index (χ4v) is 2.41. The summed E-state index contributed by atoms with van der Waals surface area (Å²) in [6, 6.07) is 15.4. The molecule has 0 aliphatic carbocycles. The van der Waals surface area contributed by atoms with Gasteiger partial charge in [0.05, 0.1) is 5.56 Å². The van der Waals surface area contributed by atoms with Crippen LogP contribution in [0.3, 0.4) is 0 Å². The van der Waals surface area contributed by atoms with E-state index in [-0.39, 0.29) is 5.97 Å². The molecule has 0 atom stereocenters. The zero-order chi connectivity index (χ0) is 13.8. The van der Waals surface area contributed by atoms with Crippen molar-refractivity contribution >= 4 is 11.7 Å². The van der Waals surface area contributed by atoms with Crippen molar-refractivity contribution in [2.24, 2.45) is 0 Å². The third-order valence-corrected chi connectivity index (χ3v) is 3.49. The van der Waals surface area contributed by atoms with Gasteiger partial charge in [0.15, 0.2) is 0 Å². The number of hydrogen-bond acceptors (Lipinski definition) is 3. The number of esters is 1. The third kappa shape index (κ3) is 2.82. The summed E-state index contributed by atoms with van der Waals surface area (Å²) in [5.74, 6) is -0.262. The van der Waals surface area contributed by atoms with Gasteiger partial charge in [-0.3, -0.25) is 0 Å². The molecule has 2 aromatic carbocycles. The van der Waals surface area contributed by atoms with Crippen LogP contribution in [-0.4, -0.2) is 12.5 Å². The Bertz CT molecular complexity index is 608. The number of rotatable bonds is 3. The Labute approximate surface area is 118 Å². The van der Waals surface area contributed by atoms with Crippen LogP contribution >= 0.6 is 0 Å². The van der Waals surface area contributed by atoms with Gasteiger partial charge in [0, 0.05) is 12.2 Å². The van der Waals surface area contributed by atoms with Crippen molar-refractivity contribution in [3.8, 4) is 0 Å². The maximum absolute atomic E-state index is 12.1. The van der Waals surface area contributed by atoms with Crippen molar-refractivity contribution < 1.29 is 9.53 Å². The minimum absolute atomic E-state index is 0.262. The number of ether oxygens (including phenoxy) is 1. The van der Waals surface area contributed by atoms with E-state index < -0.39 is 0 Å². The standard InChI is InChI=1S/C17H17NO2/c19-17(20-12-13-5-2-1-3-6-13)15-8-9-16-14(11-15)7-4-10-18-16/h1-3,5-6,8-9,11,18H,4,7,10,12H2. The van der Waals surface area contributed by atoms with E-state index in [1.165, 1.54) is 5.56 Å². The van der Waals surface area contributed by atoms with Crippen molar-refractivity contribution in [3.05, 3.63) is 65.2 Å². The number of benzene rings is 2. The molecule has 0 saturated heterocycles. The number of aryl methyl sites for hydroxylation is 1. The maximum Gasteiger partial charge on any atom is 0.338 e. The zero-order valence-electron chi connectivity index (χ0n) is 11.3. The summed E-state index contributed by atoms with van der Waals surface area (Å²) in [7, 11) is 0. The van der Waals surface area contributed by atoms with Gasteiger partial charge in [0.25, 0.3) is 0 Å². The minimum Gasteiger partial charge on any atom is -0.457 e. The Kier molecular flexibility index (Phi) is 3.68. The van der Waals surface area contributed by atoms with E-state index in [9.17, 15) is 4.79 Å². The monoisotopic (exact) mass is 267 g/mol. The summed E-state index contributed by atoms with van der Waals surface area (Å²) < 4.78 is 5.35. The quantitative estimate of drug-likeness (QED) is 0.866. The molecule has 3 nitrogen and oxygen atoms in total. The van der Waals surface area contributed by atoms with Crippen LogP contribution in [0.25, 0.3) is 0 Å². The largest absolute Gasteiger partial charge is 0.457 e. The number of fused-ring (bicyclic) bond motifs is 1. The van der Waals surface area contributed by atoms with Gasteiger partial charge in [-0.2, -0.15) is 0 Å². The Balaban J connectivity index is 1.68. The van der Waals surface area contributed by atoms with E-state index in [4.69, 9.17) is 4.74 Å². The predicted octanol–water partition coefficient (Wildman–Crippen LogP) is 3.40. The SMILES string of the molecule is O=C(OCc1ccccc1)c1ccc2c(c1)CCCN2. The molecule has 0 bridgehead atoms. The van der Waals surface area contributed by atoms with Gasteiger partial charge in [-0.1, -0.05) is 30.3 Å². The number of nitrogens with one attached hydrogen (secondary N) is 1.